The van der Waals surface area contributed by atoms with Gasteiger partial charge in [0.05, 0.1) is 16.1 Å². The molecule has 4 rings (SSSR count). The second-order valence-corrected chi connectivity index (χ2v) is 6.73. The molecule has 3 aromatic carbocycles. The zero-order valence-electron chi connectivity index (χ0n) is 15.2. The van der Waals surface area contributed by atoms with E-state index >= 15 is 0 Å². The molecule has 144 valence electrons. The van der Waals surface area contributed by atoms with Crippen molar-refractivity contribution in [1.29, 1.82) is 0 Å². The zero-order chi connectivity index (χ0) is 20.4. The smallest absolute Gasteiger partial charge is 0.339 e. The third-order valence-corrected chi connectivity index (χ3v) is 4.97. The fourth-order valence-electron chi connectivity index (χ4n) is 3.19. The van der Waals surface area contributed by atoms with E-state index in [0.29, 0.717) is 11.3 Å². The van der Waals surface area contributed by atoms with Crippen molar-refractivity contribution in [3.8, 4) is 5.75 Å². The Kier molecular flexibility index (Phi) is 5.14. The minimum Gasteiger partial charge on any atom is -0.490 e. The fourth-order valence-corrected chi connectivity index (χ4v) is 3.52. The highest BCUT2D eigenvalue weighted by atomic mass is 35.5. The molecule has 0 fully saturated rings. The lowest BCUT2D eigenvalue weighted by atomic mass is 9.83. The molecule has 5 nitrogen and oxygen atoms in total. The Morgan fingerprint density at radius 1 is 0.759 bits per heavy atom. The lowest BCUT2D eigenvalue weighted by Crippen LogP contribution is -2.22. The van der Waals surface area contributed by atoms with Gasteiger partial charge in [0.1, 0.15) is 19.0 Å². The van der Waals surface area contributed by atoms with Gasteiger partial charge in [-0.05, 0) is 24.3 Å². The summed E-state index contributed by atoms with van der Waals surface area (Å²) >= 11 is 6.35. The number of esters is 1. The normalized spacial score (nSPS) is 12.2. The summed E-state index contributed by atoms with van der Waals surface area (Å²) in [5.74, 6) is -0.706. The molecule has 0 saturated carbocycles. The molecule has 1 aliphatic rings. The number of rotatable bonds is 5. The van der Waals surface area contributed by atoms with E-state index in [2.05, 4.69) is 0 Å². The van der Waals surface area contributed by atoms with E-state index in [1.54, 1.807) is 36.4 Å². The zero-order valence-corrected chi connectivity index (χ0v) is 15.9. The van der Waals surface area contributed by atoms with E-state index in [1.165, 1.54) is 12.1 Å². The number of ether oxygens (including phenoxy) is 2. The van der Waals surface area contributed by atoms with Crippen LogP contribution in [0.25, 0.3) is 0 Å². The minimum atomic E-state index is -0.687. The predicted molar refractivity (Wildman–Crippen MR) is 107 cm³/mol. The molecule has 6 heteroatoms. The van der Waals surface area contributed by atoms with Gasteiger partial charge in [0.15, 0.2) is 11.6 Å². The van der Waals surface area contributed by atoms with Crippen LogP contribution in [-0.2, 0) is 4.74 Å². The van der Waals surface area contributed by atoms with Crippen molar-refractivity contribution in [2.24, 2.45) is 0 Å². The third-order valence-electron chi connectivity index (χ3n) is 4.58. The van der Waals surface area contributed by atoms with Gasteiger partial charge in [0, 0.05) is 16.7 Å². The number of benzene rings is 3. The van der Waals surface area contributed by atoms with Gasteiger partial charge in [-0.3, -0.25) is 9.59 Å². The van der Waals surface area contributed by atoms with Gasteiger partial charge < -0.3 is 9.47 Å². The Hall–Kier alpha value is -3.44. The number of para-hydroxylation sites is 1. The highest BCUT2D eigenvalue weighted by Crippen LogP contribution is 2.34. The summed E-state index contributed by atoms with van der Waals surface area (Å²) in [5.41, 5.74) is 0.849. The van der Waals surface area contributed by atoms with Crippen molar-refractivity contribution in [3.63, 3.8) is 0 Å². The molecule has 29 heavy (non-hydrogen) atoms. The number of halogens is 1. The quantitative estimate of drug-likeness (QED) is 0.364. The van der Waals surface area contributed by atoms with E-state index in [0.717, 1.165) is 0 Å². The first-order valence-electron chi connectivity index (χ1n) is 8.94. The average Bonchev–Trinajstić information content (AvgIpc) is 2.75. The first-order valence-corrected chi connectivity index (χ1v) is 9.31. The van der Waals surface area contributed by atoms with Crippen LogP contribution < -0.4 is 4.74 Å². The van der Waals surface area contributed by atoms with Crippen molar-refractivity contribution in [2.45, 2.75) is 0 Å². The van der Waals surface area contributed by atoms with Gasteiger partial charge in [-0.15, -0.1) is 0 Å². The molecule has 0 aliphatic heterocycles. The van der Waals surface area contributed by atoms with E-state index < -0.39 is 5.97 Å². The first kappa shape index (κ1) is 18.9. The van der Waals surface area contributed by atoms with Crippen molar-refractivity contribution in [2.75, 3.05) is 13.2 Å². The maximum Gasteiger partial charge on any atom is 0.339 e. The van der Waals surface area contributed by atoms with Crippen molar-refractivity contribution >= 4 is 29.1 Å². The Morgan fingerprint density at radius 3 is 2.14 bits per heavy atom. The number of ketones is 2. The SMILES string of the molecule is O=C(OCCOc1ccccc1)c1ccc2c(c1Cl)C(=O)c1ccccc1C2=O. The summed E-state index contributed by atoms with van der Waals surface area (Å²) in [7, 11) is 0. The molecule has 0 bridgehead atoms. The van der Waals surface area contributed by atoms with Crippen LogP contribution in [0.1, 0.15) is 42.2 Å². The highest BCUT2D eigenvalue weighted by molar-refractivity contribution is 6.41. The molecule has 0 radical (unpaired) electrons. The topological polar surface area (TPSA) is 69.7 Å². The number of carbonyl (C=O) groups excluding carboxylic acids is 3. The number of hydrogen-bond donors (Lipinski definition) is 0. The van der Waals surface area contributed by atoms with Crippen LogP contribution in [0.5, 0.6) is 5.75 Å². The van der Waals surface area contributed by atoms with Crippen LogP contribution in [0.2, 0.25) is 5.02 Å². The summed E-state index contributed by atoms with van der Waals surface area (Å²) < 4.78 is 10.7. The lowest BCUT2D eigenvalue weighted by molar-refractivity contribution is 0.0450. The van der Waals surface area contributed by atoms with Crippen molar-refractivity contribution < 1.29 is 23.9 Å². The molecule has 0 N–H and O–H groups in total. The van der Waals surface area contributed by atoms with E-state index in [4.69, 9.17) is 21.1 Å². The molecule has 3 aromatic rings. The average molecular weight is 407 g/mol. The maximum atomic E-state index is 12.9. The van der Waals surface area contributed by atoms with Crippen LogP contribution >= 0.6 is 11.6 Å². The Labute approximate surface area is 171 Å². The van der Waals surface area contributed by atoms with Crippen LogP contribution in [-0.4, -0.2) is 30.7 Å². The van der Waals surface area contributed by atoms with Gasteiger partial charge in [-0.2, -0.15) is 0 Å². The Bertz CT molecular complexity index is 1120. The number of carbonyl (C=O) groups is 3. The molecule has 0 saturated heterocycles. The van der Waals surface area contributed by atoms with Crippen LogP contribution in [0, 0.1) is 0 Å². The Balaban J connectivity index is 1.52. The van der Waals surface area contributed by atoms with E-state index in [1.807, 2.05) is 18.2 Å². The summed E-state index contributed by atoms with van der Waals surface area (Å²) in [6.07, 6.45) is 0. The number of fused-ring (bicyclic) bond motifs is 2. The molecule has 0 aromatic heterocycles. The Morgan fingerprint density at radius 2 is 1.41 bits per heavy atom. The van der Waals surface area contributed by atoms with Crippen molar-refractivity contribution in [1.82, 2.24) is 0 Å². The highest BCUT2D eigenvalue weighted by Gasteiger charge is 2.33. The first-order chi connectivity index (χ1) is 14.1. The molecular formula is C23H15ClO5. The summed E-state index contributed by atoms with van der Waals surface area (Å²) in [6.45, 7) is 0.181. The number of hydrogen-bond acceptors (Lipinski definition) is 5. The van der Waals surface area contributed by atoms with E-state index in [-0.39, 0.29) is 52.1 Å². The summed E-state index contributed by atoms with van der Waals surface area (Å²) in [4.78, 5) is 38.0. The minimum absolute atomic E-state index is 0.0108. The van der Waals surface area contributed by atoms with Gasteiger partial charge in [0.2, 0.25) is 0 Å². The van der Waals surface area contributed by atoms with Crippen LogP contribution in [0.15, 0.2) is 66.7 Å². The molecule has 1 aliphatic carbocycles. The third kappa shape index (κ3) is 3.52. The molecule has 0 unspecified atom stereocenters. The van der Waals surface area contributed by atoms with Gasteiger partial charge in [0.25, 0.3) is 0 Å². The molecule has 0 atom stereocenters. The fraction of sp³-hybridized carbons (Fsp3) is 0.0870. The maximum absolute atomic E-state index is 12.9. The molecule has 0 heterocycles. The monoisotopic (exact) mass is 406 g/mol. The second-order valence-electron chi connectivity index (χ2n) is 6.35. The molecule has 0 amide bonds. The van der Waals surface area contributed by atoms with Gasteiger partial charge >= 0.3 is 5.97 Å². The largest absolute Gasteiger partial charge is 0.490 e. The summed E-state index contributed by atoms with van der Waals surface area (Å²) in [6, 6.07) is 18.5. The van der Waals surface area contributed by atoms with E-state index in [9.17, 15) is 14.4 Å². The van der Waals surface area contributed by atoms with Gasteiger partial charge in [-0.1, -0.05) is 54.1 Å². The summed E-state index contributed by atoms with van der Waals surface area (Å²) in [5, 5.41) is -0.0793. The predicted octanol–water partition coefficient (Wildman–Crippen LogP) is 4.35. The standard InChI is InChI=1S/C23H15ClO5/c24-20-18(23(27)29-13-12-28-14-6-2-1-3-7-14)11-10-17-19(20)22(26)16-9-5-4-8-15(16)21(17)25/h1-11H,12-13H2. The van der Waals surface area contributed by atoms with Crippen LogP contribution in [0.3, 0.4) is 0 Å². The molecular weight excluding hydrogens is 392 g/mol. The molecule has 0 spiro atoms. The lowest BCUT2D eigenvalue weighted by Gasteiger charge is -2.19. The van der Waals surface area contributed by atoms with Gasteiger partial charge in [-0.25, -0.2) is 4.79 Å². The second kappa shape index (κ2) is 7.89. The van der Waals surface area contributed by atoms with Crippen LogP contribution in [0.4, 0.5) is 0 Å². The van der Waals surface area contributed by atoms with Crippen molar-refractivity contribution in [3.05, 3.63) is 99.6 Å².